The van der Waals surface area contributed by atoms with Crippen molar-refractivity contribution in [3.63, 3.8) is 0 Å². The van der Waals surface area contributed by atoms with Crippen molar-refractivity contribution in [2.24, 2.45) is 5.41 Å². The van der Waals surface area contributed by atoms with Crippen LogP contribution in [0.5, 0.6) is 17.2 Å². The maximum Gasteiger partial charge on any atom is 0.413 e. The van der Waals surface area contributed by atoms with Gasteiger partial charge in [0.15, 0.2) is 23.5 Å². The number of rotatable bonds is 6. The molecule has 1 aromatic rings. The summed E-state index contributed by atoms with van der Waals surface area (Å²) in [6, 6.07) is 3.06. The molecule has 1 amide bonds. The van der Waals surface area contributed by atoms with Gasteiger partial charge < -0.3 is 28.8 Å². The van der Waals surface area contributed by atoms with E-state index >= 15 is 0 Å². The van der Waals surface area contributed by atoms with Crippen molar-refractivity contribution in [3.8, 4) is 17.2 Å². The number of hydrogen-bond acceptors (Lipinski definition) is 8. The first-order chi connectivity index (χ1) is 13.6. The molecule has 0 spiro atoms. The fourth-order valence-corrected chi connectivity index (χ4v) is 3.25. The van der Waals surface area contributed by atoms with Crippen LogP contribution in [-0.2, 0) is 9.47 Å². The van der Waals surface area contributed by atoms with Gasteiger partial charge in [0, 0.05) is 17.4 Å². The van der Waals surface area contributed by atoms with E-state index in [2.05, 4.69) is 0 Å². The molecule has 2 rings (SSSR count). The second-order valence-corrected chi connectivity index (χ2v) is 7.73. The fraction of sp³-hybridized carbons (Fsp3) is 0.600. The highest BCUT2D eigenvalue weighted by Crippen LogP contribution is 2.40. The molecule has 0 radical (unpaired) electrons. The number of carbonyl (C=O) groups excluding carboxylic acids is 2. The first-order valence-electron chi connectivity index (χ1n) is 9.12. The molecule has 1 aliphatic rings. The third kappa shape index (κ3) is 4.56. The Balaban J connectivity index is 2.29. The monoisotopic (exact) mass is 411 g/mol. The van der Waals surface area contributed by atoms with Gasteiger partial charge in [-0.3, -0.25) is 9.69 Å². The van der Waals surface area contributed by atoms with E-state index in [-0.39, 0.29) is 12.2 Å². The summed E-state index contributed by atoms with van der Waals surface area (Å²) in [7, 11) is 5.61. The average molecular weight is 411 g/mol. The van der Waals surface area contributed by atoms with E-state index in [1.807, 2.05) is 20.8 Å². The lowest BCUT2D eigenvalue weighted by molar-refractivity contribution is -0.0637. The fourth-order valence-electron chi connectivity index (χ4n) is 3.25. The Labute approximate surface area is 170 Å². The normalized spacial score (nSPS) is 21.7. The minimum atomic E-state index is -1.32. The molecule has 0 bridgehead atoms. The van der Waals surface area contributed by atoms with Crippen LogP contribution in [0.25, 0.3) is 0 Å². The van der Waals surface area contributed by atoms with Gasteiger partial charge in [-0.15, -0.1) is 0 Å². The number of aliphatic hydroxyl groups excluding tert-OH is 1. The third-order valence-corrected chi connectivity index (χ3v) is 4.67. The highest BCUT2D eigenvalue weighted by atomic mass is 16.6. The first-order valence-corrected chi connectivity index (χ1v) is 9.12. The van der Waals surface area contributed by atoms with Crippen LogP contribution in [0.2, 0.25) is 0 Å². The van der Waals surface area contributed by atoms with Crippen molar-refractivity contribution in [2.75, 3.05) is 28.4 Å². The molecule has 1 fully saturated rings. The number of carbonyl (C=O) groups is 2. The SMILES string of the molecule is COC(=O)N1C(O)C(CC(=O)c2cc(OC)c(OC)c(OC)c2)OC1C(C)(C)C. The number of benzene rings is 1. The van der Waals surface area contributed by atoms with Crippen LogP contribution in [0, 0.1) is 5.41 Å². The Morgan fingerprint density at radius 1 is 1.07 bits per heavy atom. The summed E-state index contributed by atoms with van der Waals surface area (Å²) in [4.78, 5) is 26.2. The van der Waals surface area contributed by atoms with Gasteiger partial charge in [0.1, 0.15) is 12.3 Å². The maximum absolute atomic E-state index is 12.9. The summed E-state index contributed by atoms with van der Waals surface area (Å²) in [6.45, 7) is 5.59. The van der Waals surface area contributed by atoms with Crippen LogP contribution < -0.4 is 14.2 Å². The first kappa shape index (κ1) is 22.8. The second kappa shape index (κ2) is 8.87. The average Bonchev–Trinajstić information content (AvgIpc) is 3.02. The van der Waals surface area contributed by atoms with Gasteiger partial charge in [0.2, 0.25) is 5.75 Å². The Morgan fingerprint density at radius 3 is 2.03 bits per heavy atom. The molecule has 0 aliphatic carbocycles. The Kier molecular flexibility index (Phi) is 6.97. The summed E-state index contributed by atoms with van der Waals surface area (Å²) >= 11 is 0. The molecule has 1 heterocycles. The Bertz CT molecular complexity index is 732. The predicted octanol–water partition coefficient (Wildman–Crippen LogP) is 2.44. The highest BCUT2D eigenvalue weighted by molar-refractivity contribution is 5.97. The van der Waals surface area contributed by atoms with Crippen LogP contribution in [0.15, 0.2) is 12.1 Å². The molecule has 1 aliphatic heterocycles. The number of aliphatic hydroxyl groups is 1. The van der Waals surface area contributed by atoms with E-state index in [9.17, 15) is 14.7 Å². The lowest BCUT2D eigenvalue weighted by atomic mass is 9.94. The van der Waals surface area contributed by atoms with Crippen LogP contribution in [0.4, 0.5) is 4.79 Å². The summed E-state index contributed by atoms with van der Waals surface area (Å²) in [5.74, 6) is 0.736. The molecule has 1 N–H and O–H groups in total. The van der Waals surface area contributed by atoms with Crippen LogP contribution in [-0.4, -0.2) is 68.9 Å². The zero-order chi connectivity index (χ0) is 21.9. The topological polar surface area (TPSA) is 104 Å². The van der Waals surface area contributed by atoms with Gasteiger partial charge in [-0.2, -0.15) is 0 Å². The van der Waals surface area contributed by atoms with E-state index in [0.717, 1.165) is 4.90 Å². The molecule has 9 heteroatoms. The molecule has 1 saturated heterocycles. The van der Waals surface area contributed by atoms with E-state index in [0.29, 0.717) is 22.8 Å². The van der Waals surface area contributed by atoms with Crippen molar-refractivity contribution in [2.45, 2.75) is 45.8 Å². The number of ether oxygens (including phenoxy) is 5. The van der Waals surface area contributed by atoms with E-state index < -0.39 is 30.1 Å². The molecule has 29 heavy (non-hydrogen) atoms. The molecule has 3 atom stereocenters. The molecule has 0 saturated carbocycles. The maximum atomic E-state index is 12.9. The van der Waals surface area contributed by atoms with Crippen LogP contribution in [0.3, 0.4) is 0 Å². The van der Waals surface area contributed by atoms with Crippen molar-refractivity contribution < 1.29 is 38.4 Å². The number of hydrogen-bond donors (Lipinski definition) is 1. The van der Waals surface area contributed by atoms with Gasteiger partial charge in [-0.25, -0.2) is 4.79 Å². The third-order valence-electron chi connectivity index (χ3n) is 4.67. The quantitative estimate of drug-likeness (QED) is 0.712. The van der Waals surface area contributed by atoms with E-state index in [1.54, 1.807) is 0 Å². The summed E-state index contributed by atoms with van der Waals surface area (Å²) in [5.41, 5.74) is -0.196. The number of methoxy groups -OCH3 is 4. The number of ketones is 1. The lowest BCUT2D eigenvalue weighted by Crippen LogP contribution is -2.48. The number of nitrogens with zero attached hydrogens (tertiary/aromatic N) is 1. The molecule has 1 aromatic carbocycles. The van der Waals surface area contributed by atoms with Crippen LogP contribution >= 0.6 is 0 Å². The second-order valence-electron chi connectivity index (χ2n) is 7.73. The van der Waals surface area contributed by atoms with E-state index in [1.165, 1.54) is 40.6 Å². The number of amides is 1. The van der Waals surface area contributed by atoms with Crippen molar-refractivity contribution in [1.29, 1.82) is 0 Å². The summed E-state index contributed by atoms with van der Waals surface area (Å²) < 4.78 is 26.5. The van der Waals surface area contributed by atoms with Gasteiger partial charge in [0.05, 0.1) is 28.4 Å². The van der Waals surface area contributed by atoms with Gasteiger partial charge in [0.25, 0.3) is 0 Å². The Hall–Kier alpha value is -2.52. The summed E-state index contributed by atoms with van der Waals surface area (Å²) in [6.07, 6.45) is -3.86. The van der Waals surface area contributed by atoms with Gasteiger partial charge in [-0.1, -0.05) is 20.8 Å². The van der Waals surface area contributed by atoms with E-state index in [4.69, 9.17) is 23.7 Å². The van der Waals surface area contributed by atoms with Crippen LogP contribution in [0.1, 0.15) is 37.6 Å². The zero-order valence-electron chi connectivity index (χ0n) is 17.8. The van der Waals surface area contributed by atoms with Gasteiger partial charge in [-0.05, 0) is 12.1 Å². The van der Waals surface area contributed by atoms with Gasteiger partial charge >= 0.3 is 6.09 Å². The number of Topliss-reactive ketones (excluding diaryl/α,β-unsaturated/α-hetero) is 1. The van der Waals surface area contributed by atoms with Crippen molar-refractivity contribution >= 4 is 11.9 Å². The predicted molar refractivity (Wildman–Crippen MR) is 103 cm³/mol. The zero-order valence-corrected chi connectivity index (χ0v) is 17.8. The van der Waals surface area contributed by atoms with Crippen molar-refractivity contribution in [3.05, 3.63) is 17.7 Å². The largest absolute Gasteiger partial charge is 0.493 e. The molecule has 0 aromatic heterocycles. The Morgan fingerprint density at radius 2 is 1.62 bits per heavy atom. The highest BCUT2D eigenvalue weighted by Gasteiger charge is 2.50. The molecule has 3 unspecified atom stereocenters. The minimum absolute atomic E-state index is 0.153. The lowest BCUT2D eigenvalue weighted by Gasteiger charge is -2.33. The van der Waals surface area contributed by atoms with Crippen molar-refractivity contribution in [1.82, 2.24) is 4.90 Å². The smallest absolute Gasteiger partial charge is 0.413 e. The summed E-state index contributed by atoms with van der Waals surface area (Å²) in [5, 5.41) is 10.6. The standard InChI is InChI=1S/C20H29NO8/c1-20(2,3)18-21(19(24)28-7)17(23)15(29-18)10-12(22)11-8-13(25-4)16(27-6)14(9-11)26-5/h8-9,15,17-18,23H,10H2,1-7H3. The molecule has 9 nitrogen and oxygen atoms in total. The molecular formula is C20H29NO8. The molecular weight excluding hydrogens is 382 g/mol. The molecule has 162 valence electrons. The minimum Gasteiger partial charge on any atom is -0.493 e.